The van der Waals surface area contributed by atoms with E-state index in [0.717, 1.165) is 4.68 Å². The molecule has 1 aliphatic heterocycles. The second kappa shape index (κ2) is 14.2. The van der Waals surface area contributed by atoms with Crippen LogP contribution in [0.3, 0.4) is 0 Å². The molecule has 1 aliphatic carbocycles. The number of benzene rings is 1. The van der Waals surface area contributed by atoms with Crippen molar-refractivity contribution in [1.82, 2.24) is 24.9 Å². The van der Waals surface area contributed by atoms with E-state index >= 15 is 0 Å². The van der Waals surface area contributed by atoms with Gasteiger partial charge in [-0.15, -0.1) is 0 Å². The lowest BCUT2D eigenvalue weighted by Gasteiger charge is -2.38. The molecule has 0 radical (unpaired) electrons. The summed E-state index contributed by atoms with van der Waals surface area (Å²) < 4.78 is 32.2. The summed E-state index contributed by atoms with van der Waals surface area (Å²) in [5, 5.41) is 16.1. The van der Waals surface area contributed by atoms with E-state index in [2.05, 4.69) is 10.4 Å². The fraction of sp³-hybridized carbons (Fsp3) is 0.517. The van der Waals surface area contributed by atoms with Gasteiger partial charge in [0.1, 0.15) is 17.5 Å². The van der Waals surface area contributed by atoms with Crippen molar-refractivity contribution in [3.63, 3.8) is 0 Å². The number of para-hydroxylation sites is 1. The number of ether oxygens (including phenoxy) is 3. The Morgan fingerprint density at radius 2 is 1.68 bits per heavy atom. The first-order valence-electron chi connectivity index (χ1n) is 14.5. The number of carboxylic acid groups (broad SMARTS) is 1. The fourth-order valence-electron chi connectivity index (χ4n) is 4.95. The van der Waals surface area contributed by atoms with Crippen molar-refractivity contribution in [1.29, 1.82) is 0 Å². The highest BCUT2D eigenvalue weighted by Crippen LogP contribution is 2.39. The van der Waals surface area contributed by atoms with Gasteiger partial charge in [0, 0.05) is 38.7 Å². The van der Waals surface area contributed by atoms with E-state index < -0.39 is 53.7 Å². The molecule has 1 aromatic carbocycles. The topological polar surface area (TPSA) is 170 Å². The second-order valence-corrected chi connectivity index (χ2v) is 10.4. The van der Waals surface area contributed by atoms with Crippen LogP contribution in [-0.4, -0.2) is 106 Å². The molecule has 15 heteroatoms. The summed E-state index contributed by atoms with van der Waals surface area (Å²) in [6.45, 7) is 4.44. The van der Waals surface area contributed by atoms with Gasteiger partial charge >= 0.3 is 18.0 Å². The largest absolute Gasteiger partial charge is 0.481 e. The van der Waals surface area contributed by atoms with Crippen LogP contribution in [0.4, 0.5) is 9.18 Å². The number of hydrogen-bond acceptors (Lipinski definition) is 9. The van der Waals surface area contributed by atoms with Gasteiger partial charge in [0.25, 0.3) is 5.91 Å². The Labute approximate surface area is 253 Å². The number of halogens is 1. The van der Waals surface area contributed by atoms with Gasteiger partial charge in [-0.25, -0.2) is 14.0 Å². The quantitative estimate of drug-likeness (QED) is 0.337. The average molecular weight is 618 g/mol. The molecule has 1 saturated carbocycles. The molecule has 0 bridgehead atoms. The van der Waals surface area contributed by atoms with Crippen molar-refractivity contribution in [2.45, 2.75) is 57.6 Å². The zero-order valence-electron chi connectivity index (χ0n) is 24.6. The van der Waals surface area contributed by atoms with E-state index in [-0.39, 0.29) is 63.1 Å². The lowest BCUT2D eigenvalue weighted by Crippen LogP contribution is -2.56. The van der Waals surface area contributed by atoms with E-state index in [0.29, 0.717) is 19.3 Å². The molecule has 44 heavy (non-hydrogen) atoms. The number of esters is 1. The maximum Gasteiger partial charge on any atom is 0.409 e. The second-order valence-electron chi connectivity index (χ2n) is 10.4. The van der Waals surface area contributed by atoms with Crippen molar-refractivity contribution >= 4 is 29.8 Å². The SMILES string of the molecule is CCOC(=O)N1CCN(C(=O)[C@H](CCC(=O)O)NC(=O)c2cc(OC3(C(=O)OCC)CCC3)n(-c3ccccc3F)n2)CC1. The van der Waals surface area contributed by atoms with Gasteiger partial charge in [-0.1, -0.05) is 12.1 Å². The standard InChI is InChI=1S/C29H36FN5O9/c1-3-42-27(40)29(12-7-13-29)44-23-18-21(32-35(23)22-9-6-5-8-19(22)30)25(38)31-20(10-11-24(36)37)26(39)33-14-16-34(17-15-33)28(41)43-4-2/h5-6,8-9,18,20H,3-4,7,10-17H2,1-2H3,(H,31,38)(H,36,37)/t20-/m0/s1. The van der Waals surface area contributed by atoms with Gasteiger partial charge in [0.2, 0.25) is 17.4 Å². The number of carboxylic acids is 1. The van der Waals surface area contributed by atoms with Gasteiger partial charge < -0.3 is 34.4 Å². The first-order valence-corrected chi connectivity index (χ1v) is 14.5. The van der Waals surface area contributed by atoms with Crippen LogP contribution in [-0.2, 0) is 23.9 Å². The maximum atomic E-state index is 14.8. The molecule has 1 aromatic heterocycles. The Morgan fingerprint density at radius 3 is 2.27 bits per heavy atom. The number of aliphatic carboxylic acids is 1. The number of carbonyl (C=O) groups is 5. The molecule has 2 heterocycles. The predicted molar refractivity (Wildman–Crippen MR) is 151 cm³/mol. The van der Waals surface area contributed by atoms with Crippen LogP contribution in [0.2, 0.25) is 0 Å². The van der Waals surface area contributed by atoms with Crippen molar-refractivity contribution in [2.75, 3.05) is 39.4 Å². The summed E-state index contributed by atoms with van der Waals surface area (Å²) in [5.41, 5.74) is -1.61. The summed E-state index contributed by atoms with van der Waals surface area (Å²) in [6, 6.07) is 5.67. The van der Waals surface area contributed by atoms with E-state index in [1.165, 1.54) is 34.1 Å². The zero-order chi connectivity index (χ0) is 31.9. The number of piperazine rings is 1. The first kappa shape index (κ1) is 32.2. The molecule has 1 atom stereocenters. The third-order valence-corrected chi connectivity index (χ3v) is 7.47. The van der Waals surface area contributed by atoms with Crippen molar-refractivity contribution in [3.05, 3.63) is 41.8 Å². The van der Waals surface area contributed by atoms with Crippen LogP contribution in [0.5, 0.6) is 5.88 Å². The lowest BCUT2D eigenvalue weighted by molar-refractivity contribution is -0.170. The van der Waals surface area contributed by atoms with E-state index in [1.54, 1.807) is 19.9 Å². The highest BCUT2D eigenvalue weighted by molar-refractivity contribution is 5.96. The summed E-state index contributed by atoms with van der Waals surface area (Å²) in [4.78, 5) is 65.9. The minimum absolute atomic E-state index is 0.0437. The van der Waals surface area contributed by atoms with Crippen LogP contribution in [0, 0.1) is 5.82 Å². The third kappa shape index (κ3) is 7.26. The molecule has 4 rings (SSSR count). The van der Waals surface area contributed by atoms with Crippen molar-refractivity contribution < 1.29 is 47.7 Å². The van der Waals surface area contributed by atoms with Gasteiger partial charge in [-0.3, -0.25) is 14.4 Å². The van der Waals surface area contributed by atoms with Gasteiger partial charge in [-0.2, -0.15) is 9.78 Å². The number of carbonyl (C=O) groups excluding carboxylic acids is 4. The average Bonchev–Trinajstić information content (AvgIpc) is 3.40. The van der Waals surface area contributed by atoms with Crippen molar-refractivity contribution in [2.24, 2.45) is 0 Å². The molecule has 2 aromatic rings. The van der Waals surface area contributed by atoms with Crippen LogP contribution >= 0.6 is 0 Å². The molecular weight excluding hydrogens is 581 g/mol. The molecule has 2 fully saturated rings. The molecule has 0 spiro atoms. The fourth-order valence-corrected chi connectivity index (χ4v) is 4.95. The molecule has 2 N–H and O–H groups in total. The number of nitrogens with one attached hydrogen (secondary N) is 1. The highest BCUT2D eigenvalue weighted by atomic mass is 19.1. The Kier molecular flexibility index (Phi) is 10.4. The number of aromatic nitrogens is 2. The summed E-state index contributed by atoms with van der Waals surface area (Å²) in [5.74, 6) is -3.85. The third-order valence-electron chi connectivity index (χ3n) is 7.47. The highest BCUT2D eigenvalue weighted by Gasteiger charge is 2.49. The molecule has 14 nitrogen and oxygen atoms in total. The van der Waals surface area contributed by atoms with E-state index in [4.69, 9.17) is 14.2 Å². The number of hydrogen-bond donors (Lipinski definition) is 2. The molecule has 238 valence electrons. The zero-order valence-corrected chi connectivity index (χ0v) is 24.6. The Hall–Kier alpha value is -4.69. The van der Waals surface area contributed by atoms with Crippen LogP contribution in [0.15, 0.2) is 30.3 Å². The monoisotopic (exact) mass is 617 g/mol. The predicted octanol–water partition coefficient (Wildman–Crippen LogP) is 2.14. The van der Waals surface area contributed by atoms with Crippen LogP contribution in [0.1, 0.15) is 56.4 Å². The Bertz CT molecular complexity index is 1380. The summed E-state index contributed by atoms with van der Waals surface area (Å²) >= 11 is 0. The number of amides is 3. The van der Waals surface area contributed by atoms with E-state index in [1.807, 2.05) is 0 Å². The molecule has 0 unspecified atom stereocenters. The van der Waals surface area contributed by atoms with Crippen LogP contribution < -0.4 is 10.1 Å². The van der Waals surface area contributed by atoms with Gasteiger partial charge in [-0.05, 0) is 51.7 Å². The normalized spacial score (nSPS) is 16.3. The number of rotatable bonds is 12. The Balaban J connectivity index is 1.57. The van der Waals surface area contributed by atoms with Crippen molar-refractivity contribution in [3.8, 4) is 11.6 Å². The van der Waals surface area contributed by atoms with E-state index in [9.17, 15) is 33.5 Å². The lowest BCUT2D eigenvalue weighted by atomic mass is 9.80. The Morgan fingerprint density at radius 1 is 1.02 bits per heavy atom. The van der Waals surface area contributed by atoms with Gasteiger partial charge in [0.15, 0.2) is 5.69 Å². The molecule has 3 amide bonds. The summed E-state index contributed by atoms with van der Waals surface area (Å²) in [6.07, 6.45) is 0.295. The number of nitrogens with zero attached hydrogens (tertiary/aromatic N) is 4. The molecule has 1 saturated heterocycles. The molecule has 2 aliphatic rings. The molecular formula is C29H36FN5O9. The minimum atomic E-state index is -1.32. The maximum absolute atomic E-state index is 14.8. The first-order chi connectivity index (χ1) is 21.1. The van der Waals surface area contributed by atoms with Gasteiger partial charge in [0.05, 0.1) is 13.2 Å². The smallest absolute Gasteiger partial charge is 0.409 e. The summed E-state index contributed by atoms with van der Waals surface area (Å²) in [7, 11) is 0. The van der Waals surface area contributed by atoms with Crippen LogP contribution in [0.25, 0.3) is 5.69 Å². The minimum Gasteiger partial charge on any atom is -0.481 e.